The molecule has 0 radical (unpaired) electrons. The number of methoxy groups -OCH3 is 1. The van der Waals surface area contributed by atoms with Gasteiger partial charge in [-0.15, -0.1) is 10.2 Å². The number of ether oxygens (including phenoxy) is 1. The SMILES string of the molecule is COc1ccc(-c2ccc(N)nn2)c(Cl)c1. The van der Waals surface area contributed by atoms with Gasteiger partial charge < -0.3 is 10.5 Å². The Morgan fingerprint density at radius 2 is 2.00 bits per heavy atom. The fourth-order valence-electron chi connectivity index (χ4n) is 1.32. The fraction of sp³-hybridized carbons (Fsp3) is 0.0909. The summed E-state index contributed by atoms with van der Waals surface area (Å²) in [6.07, 6.45) is 0. The minimum Gasteiger partial charge on any atom is -0.497 e. The van der Waals surface area contributed by atoms with E-state index in [1.807, 2.05) is 12.1 Å². The van der Waals surface area contributed by atoms with Gasteiger partial charge in [0.1, 0.15) is 11.6 Å². The standard InChI is InChI=1S/C11H10ClN3O/c1-16-7-2-3-8(9(12)6-7)10-4-5-11(13)15-14-10/h2-6H,1H3,(H2,13,15). The summed E-state index contributed by atoms with van der Waals surface area (Å²) in [5.74, 6) is 1.09. The average molecular weight is 236 g/mol. The lowest BCUT2D eigenvalue weighted by Gasteiger charge is -2.05. The molecule has 2 N–H and O–H groups in total. The molecule has 0 aliphatic rings. The molecule has 0 aliphatic carbocycles. The second kappa shape index (κ2) is 4.37. The van der Waals surface area contributed by atoms with Gasteiger partial charge in [-0.3, -0.25) is 0 Å². The summed E-state index contributed by atoms with van der Waals surface area (Å²) in [5.41, 5.74) is 6.95. The number of aromatic nitrogens is 2. The molecule has 16 heavy (non-hydrogen) atoms. The summed E-state index contributed by atoms with van der Waals surface area (Å²) in [7, 11) is 1.59. The van der Waals surface area contributed by atoms with Gasteiger partial charge in [-0.05, 0) is 30.3 Å². The maximum Gasteiger partial charge on any atom is 0.146 e. The number of rotatable bonds is 2. The molecule has 2 aromatic rings. The molecular formula is C11H10ClN3O. The first kappa shape index (κ1) is 10.7. The lowest BCUT2D eigenvalue weighted by molar-refractivity contribution is 0.415. The van der Waals surface area contributed by atoms with Crippen molar-refractivity contribution in [3.63, 3.8) is 0 Å². The maximum atomic E-state index is 6.10. The van der Waals surface area contributed by atoms with Crippen molar-refractivity contribution in [2.24, 2.45) is 0 Å². The molecule has 1 aromatic heterocycles. The number of nitrogens with two attached hydrogens (primary N) is 1. The normalized spacial score (nSPS) is 10.1. The van der Waals surface area contributed by atoms with Gasteiger partial charge in [0.2, 0.25) is 0 Å². The highest BCUT2D eigenvalue weighted by Gasteiger charge is 2.06. The van der Waals surface area contributed by atoms with Crippen molar-refractivity contribution in [3.05, 3.63) is 35.4 Å². The zero-order valence-electron chi connectivity index (χ0n) is 8.64. The van der Waals surface area contributed by atoms with Gasteiger partial charge >= 0.3 is 0 Å². The molecular weight excluding hydrogens is 226 g/mol. The Hall–Kier alpha value is -1.81. The molecule has 0 fully saturated rings. The average Bonchev–Trinajstić information content (AvgIpc) is 2.30. The van der Waals surface area contributed by atoms with Crippen molar-refractivity contribution < 1.29 is 4.74 Å². The van der Waals surface area contributed by atoms with Crippen molar-refractivity contribution in [1.29, 1.82) is 0 Å². The zero-order valence-corrected chi connectivity index (χ0v) is 9.40. The van der Waals surface area contributed by atoms with Crippen molar-refractivity contribution in [2.75, 3.05) is 12.8 Å². The van der Waals surface area contributed by atoms with Crippen molar-refractivity contribution in [2.45, 2.75) is 0 Å². The van der Waals surface area contributed by atoms with Crippen molar-refractivity contribution in [1.82, 2.24) is 10.2 Å². The molecule has 1 heterocycles. The summed E-state index contributed by atoms with van der Waals surface area (Å²) in [5, 5.41) is 8.31. The Kier molecular flexibility index (Phi) is 2.92. The van der Waals surface area contributed by atoms with Crippen LogP contribution in [0.5, 0.6) is 5.75 Å². The summed E-state index contributed by atoms with van der Waals surface area (Å²) in [6.45, 7) is 0. The van der Waals surface area contributed by atoms with E-state index in [1.54, 1.807) is 25.3 Å². The number of hydrogen-bond donors (Lipinski definition) is 1. The molecule has 5 heteroatoms. The topological polar surface area (TPSA) is 61.0 Å². The maximum absolute atomic E-state index is 6.10. The van der Waals surface area contributed by atoms with E-state index >= 15 is 0 Å². The molecule has 4 nitrogen and oxygen atoms in total. The lowest BCUT2D eigenvalue weighted by atomic mass is 10.1. The third kappa shape index (κ3) is 2.06. The van der Waals surface area contributed by atoms with Gasteiger partial charge in [0.25, 0.3) is 0 Å². The minimum absolute atomic E-state index is 0.383. The molecule has 0 saturated heterocycles. The summed E-state index contributed by atoms with van der Waals surface area (Å²) in [4.78, 5) is 0. The molecule has 0 atom stereocenters. The third-order valence-corrected chi connectivity index (χ3v) is 2.45. The van der Waals surface area contributed by atoms with E-state index in [4.69, 9.17) is 22.1 Å². The van der Waals surface area contributed by atoms with Crippen LogP contribution in [-0.4, -0.2) is 17.3 Å². The number of nitrogens with zero attached hydrogens (tertiary/aromatic N) is 2. The van der Waals surface area contributed by atoms with Crippen LogP contribution in [0.1, 0.15) is 0 Å². The number of nitrogen functional groups attached to an aromatic ring is 1. The molecule has 1 aromatic carbocycles. The molecule has 2 rings (SSSR count). The predicted octanol–water partition coefficient (Wildman–Crippen LogP) is 2.39. The van der Waals surface area contributed by atoms with Gasteiger partial charge in [-0.1, -0.05) is 11.6 Å². The van der Waals surface area contributed by atoms with E-state index < -0.39 is 0 Å². The van der Waals surface area contributed by atoms with Gasteiger partial charge in [0.05, 0.1) is 17.8 Å². The van der Waals surface area contributed by atoms with Gasteiger partial charge in [0.15, 0.2) is 0 Å². The minimum atomic E-state index is 0.383. The third-order valence-electron chi connectivity index (χ3n) is 2.14. The lowest BCUT2D eigenvalue weighted by Crippen LogP contribution is -1.94. The Morgan fingerprint density at radius 1 is 1.19 bits per heavy atom. The Balaban J connectivity index is 2.44. The first-order valence-corrected chi connectivity index (χ1v) is 5.01. The highest BCUT2D eigenvalue weighted by Crippen LogP contribution is 2.29. The second-order valence-corrected chi connectivity index (χ2v) is 3.60. The van der Waals surface area contributed by atoms with E-state index in [2.05, 4.69) is 10.2 Å². The molecule has 0 unspecified atom stereocenters. The smallest absolute Gasteiger partial charge is 0.146 e. The Labute approximate surface area is 98.0 Å². The highest BCUT2D eigenvalue weighted by atomic mass is 35.5. The number of hydrogen-bond acceptors (Lipinski definition) is 4. The van der Waals surface area contributed by atoms with Crippen LogP contribution in [0.3, 0.4) is 0 Å². The van der Waals surface area contributed by atoms with E-state index in [-0.39, 0.29) is 0 Å². The predicted molar refractivity (Wildman–Crippen MR) is 63.4 cm³/mol. The Bertz CT molecular complexity index is 499. The molecule has 0 spiro atoms. The number of halogens is 1. The zero-order chi connectivity index (χ0) is 11.5. The quantitative estimate of drug-likeness (QED) is 0.868. The Morgan fingerprint density at radius 3 is 2.56 bits per heavy atom. The molecule has 82 valence electrons. The first-order valence-electron chi connectivity index (χ1n) is 4.64. The molecule has 0 bridgehead atoms. The number of anilines is 1. The molecule has 0 aliphatic heterocycles. The molecule has 0 amide bonds. The summed E-state index contributed by atoms with van der Waals surface area (Å²) >= 11 is 6.10. The monoisotopic (exact) mass is 235 g/mol. The van der Waals surface area contributed by atoms with Crippen LogP contribution in [0.4, 0.5) is 5.82 Å². The first-order chi connectivity index (χ1) is 7.70. The van der Waals surface area contributed by atoms with E-state index in [0.717, 1.165) is 5.56 Å². The summed E-state index contributed by atoms with van der Waals surface area (Å²) < 4.78 is 5.06. The van der Waals surface area contributed by atoms with Crippen LogP contribution in [0.25, 0.3) is 11.3 Å². The molecule has 0 saturated carbocycles. The van der Waals surface area contributed by atoms with Crippen LogP contribution in [0, 0.1) is 0 Å². The fourth-order valence-corrected chi connectivity index (χ4v) is 1.58. The van der Waals surface area contributed by atoms with Crippen LogP contribution in [0.15, 0.2) is 30.3 Å². The van der Waals surface area contributed by atoms with Gasteiger partial charge in [-0.25, -0.2) is 0 Å². The van der Waals surface area contributed by atoms with Crippen LogP contribution < -0.4 is 10.5 Å². The second-order valence-electron chi connectivity index (χ2n) is 3.19. The van der Waals surface area contributed by atoms with Crippen LogP contribution in [-0.2, 0) is 0 Å². The number of benzene rings is 1. The van der Waals surface area contributed by atoms with Gasteiger partial charge in [0, 0.05) is 5.56 Å². The van der Waals surface area contributed by atoms with Gasteiger partial charge in [-0.2, -0.15) is 0 Å². The van der Waals surface area contributed by atoms with E-state index in [0.29, 0.717) is 22.3 Å². The summed E-state index contributed by atoms with van der Waals surface area (Å²) in [6, 6.07) is 8.84. The van der Waals surface area contributed by atoms with Crippen molar-refractivity contribution in [3.8, 4) is 17.0 Å². The van der Waals surface area contributed by atoms with Crippen LogP contribution >= 0.6 is 11.6 Å². The van der Waals surface area contributed by atoms with Crippen LogP contribution in [0.2, 0.25) is 5.02 Å². The van der Waals surface area contributed by atoms with E-state index in [1.165, 1.54) is 0 Å². The largest absolute Gasteiger partial charge is 0.497 e. The van der Waals surface area contributed by atoms with Crippen molar-refractivity contribution >= 4 is 17.4 Å². The highest BCUT2D eigenvalue weighted by molar-refractivity contribution is 6.33. The van der Waals surface area contributed by atoms with E-state index in [9.17, 15) is 0 Å².